The first kappa shape index (κ1) is 30.7. The van der Waals surface area contributed by atoms with E-state index in [-0.39, 0.29) is 11.1 Å². The molecule has 0 aliphatic carbocycles. The average molecular weight is 540 g/mol. The molecule has 0 aliphatic rings. The van der Waals surface area contributed by atoms with Crippen LogP contribution in [0.3, 0.4) is 0 Å². The van der Waals surface area contributed by atoms with E-state index in [1.165, 1.54) is 24.6 Å². The molecule has 0 amide bonds. The Morgan fingerprint density at radius 3 is 1.92 bits per heavy atom. The molecule has 0 aromatic heterocycles. The smallest absolute Gasteiger partial charge is 0.153 e. The van der Waals surface area contributed by atoms with Crippen molar-refractivity contribution >= 4 is 29.2 Å². The molecular formula is C30H41N3O2S2. The van der Waals surface area contributed by atoms with Crippen LogP contribution in [0.1, 0.15) is 84.3 Å². The minimum atomic E-state index is 0.234. The molecule has 0 unspecified atom stereocenters. The Kier molecular flexibility index (Phi) is 13.6. The Morgan fingerprint density at radius 1 is 0.838 bits per heavy atom. The van der Waals surface area contributed by atoms with Crippen molar-refractivity contribution in [3.8, 4) is 23.6 Å². The maximum Gasteiger partial charge on any atom is 0.153 e. The molecule has 0 fully saturated rings. The number of hydrogen-bond donors (Lipinski definition) is 1. The molecule has 0 heterocycles. The van der Waals surface area contributed by atoms with Crippen LogP contribution in [0, 0.1) is 34.5 Å². The largest absolute Gasteiger partial charge is 0.491 e. The summed E-state index contributed by atoms with van der Waals surface area (Å²) in [6, 6.07) is 12.2. The van der Waals surface area contributed by atoms with Crippen molar-refractivity contribution in [2.24, 2.45) is 11.8 Å². The average Bonchev–Trinajstić information content (AvgIpc) is 2.86. The molecular weight excluding hydrogens is 498 g/mol. The predicted octanol–water partition coefficient (Wildman–Crippen LogP) is 8.69. The van der Waals surface area contributed by atoms with Crippen molar-refractivity contribution in [3.63, 3.8) is 0 Å². The Bertz CT molecular complexity index is 1090. The van der Waals surface area contributed by atoms with Crippen molar-refractivity contribution in [3.05, 3.63) is 35.4 Å². The lowest BCUT2D eigenvalue weighted by atomic mass is 10.1. The third-order valence-electron chi connectivity index (χ3n) is 5.80. The Balaban J connectivity index is 2.70. The molecule has 2 aromatic rings. The molecule has 2 aromatic carbocycles. The van der Waals surface area contributed by atoms with Crippen molar-refractivity contribution in [2.75, 3.05) is 24.7 Å². The van der Waals surface area contributed by atoms with E-state index in [1.54, 1.807) is 11.8 Å². The van der Waals surface area contributed by atoms with Gasteiger partial charge in [0, 0.05) is 10.6 Å². The number of rotatable bonds is 16. The van der Waals surface area contributed by atoms with Crippen LogP contribution in [0.25, 0.3) is 0 Å². The number of unbranched alkanes of at least 4 members (excludes halogenated alkanes) is 3. The Hall–Kier alpha value is -2.48. The zero-order valence-corrected chi connectivity index (χ0v) is 24.6. The van der Waals surface area contributed by atoms with Crippen LogP contribution < -0.4 is 15.2 Å². The maximum atomic E-state index is 10.2. The molecule has 2 rings (SSSR count). The summed E-state index contributed by atoms with van der Waals surface area (Å²) in [6.45, 7) is 11.7. The van der Waals surface area contributed by atoms with Gasteiger partial charge in [0.15, 0.2) is 11.5 Å². The first-order valence-electron chi connectivity index (χ1n) is 13.3. The number of nitrogens with zero attached hydrogens (tertiary/aromatic N) is 2. The molecule has 0 radical (unpaired) electrons. The van der Waals surface area contributed by atoms with Crippen molar-refractivity contribution in [1.29, 1.82) is 10.5 Å². The number of thioether (sulfide) groups is 1. The highest BCUT2D eigenvalue weighted by atomic mass is 32.2. The van der Waals surface area contributed by atoms with Crippen molar-refractivity contribution in [1.82, 2.24) is 0 Å². The summed E-state index contributed by atoms with van der Waals surface area (Å²) in [6.07, 6.45) is 6.28. The van der Waals surface area contributed by atoms with Gasteiger partial charge in [-0.25, -0.2) is 0 Å². The topological polar surface area (TPSA) is 92.1 Å². The van der Waals surface area contributed by atoms with E-state index >= 15 is 0 Å². The highest BCUT2D eigenvalue weighted by Gasteiger charge is 2.28. The normalized spacial score (nSPS) is 10.9. The number of hydrogen-bond acceptors (Lipinski definition) is 7. The van der Waals surface area contributed by atoms with Crippen molar-refractivity contribution < 1.29 is 9.47 Å². The zero-order chi connectivity index (χ0) is 27.2. The summed E-state index contributed by atoms with van der Waals surface area (Å²) >= 11 is 3.17. The Morgan fingerprint density at radius 2 is 1.41 bits per heavy atom. The lowest BCUT2D eigenvalue weighted by Gasteiger charge is -2.22. The van der Waals surface area contributed by atoms with Gasteiger partial charge in [-0.05, 0) is 49.0 Å². The second-order valence-electron chi connectivity index (χ2n) is 9.90. The van der Waals surface area contributed by atoms with Gasteiger partial charge in [-0.1, -0.05) is 77.8 Å². The van der Waals surface area contributed by atoms with E-state index in [0.29, 0.717) is 42.2 Å². The molecule has 5 nitrogen and oxygen atoms in total. The van der Waals surface area contributed by atoms with E-state index in [1.807, 2.05) is 24.3 Å². The number of nitrogens with two attached hydrogens (primary N) is 1. The fraction of sp³-hybridized carbons (Fsp3) is 0.533. The fourth-order valence-electron chi connectivity index (χ4n) is 3.55. The molecule has 2 N–H and O–H groups in total. The number of para-hydroxylation sites is 1. The lowest BCUT2D eigenvalue weighted by Crippen LogP contribution is -2.09. The SMILES string of the molecule is CCCCCCSc1c(OCCC(C)C)c(C#N)c(C#N)c(OCCC(C)C)c1Sc1ccccc1N. The number of benzene rings is 2. The van der Waals surface area contributed by atoms with Crippen LogP contribution in [-0.4, -0.2) is 19.0 Å². The van der Waals surface area contributed by atoms with Gasteiger partial charge in [0.2, 0.25) is 0 Å². The molecule has 0 spiro atoms. The third-order valence-corrected chi connectivity index (χ3v) is 8.29. The molecule has 0 aliphatic heterocycles. The van der Waals surface area contributed by atoms with Gasteiger partial charge in [-0.3, -0.25) is 0 Å². The summed E-state index contributed by atoms with van der Waals surface area (Å²) in [5, 5.41) is 20.4. The number of anilines is 1. The maximum absolute atomic E-state index is 10.2. The first-order chi connectivity index (χ1) is 17.8. The van der Waals surface area contributed by atoms with Crippen molar-refractivity contribution in [2.45, 2.75) is 87.8 Å². The zero-order valence-electron chi connectivity index (χ0n) is 22.9. The van der Waals surface area contributed by atoms with E-state index in [9.17, 15) is 10.5 Å². The first-order valence-corrected chi connectivity index (χ1v) is 15.1. The molecule has 37 heavy (non-hydrogen) atoms. The van der Waals surface area contributed by atoms with Crippen LogP contribution in [0.5, 0.6) is 11.5 Å². The van der Waals surface area contributed by atoms with Crippen LogP contribution in [0.2, 0.25) is 0 Å². The second-order valence-corrected chi connectivity index (χ2v) is 12.1. The van der Waals surface area contributed by atoms with Gasteiger partial charge in [0.05, 0.1) is 23.0 Å². The molecule has 0 saturated carbocycles. The number of nitrogen functional groups attached to an aromatic ring is 1. The molecule has 0 saturated heterocycles. The summed E-state index contributed by atoms with van der Waals surface area (Å²) < 4.78 is 12.6. The van der Waals surface area contributed by atoms with E-state index in [0.717, 1.165) is 46.1 Å². The highest BCUT2D eigenvalue weighted by Crippen LogP contribution is 2.51. The fourth-order valence-corrected chi connectivity index (χ4v) is 5.91. The third kappa shape index (κ3) is 9.40. The quantitative estimate of drug-likeness (QED) is 0.130. The monoisotopic (exact) mass is 539 g/mol. The van der Waals surface area contributed by atoms with Crippen LogP contribution in [-0.2, 0) is 0 Å². The minimum Gasteiger partial charge on any atom is -0.491 e. The second kappa shape index (κ2) is 16.4. The number of nitriles is 2. The van der Waals surface area contributed by atoms with Gasteiger partial charge in [-0.15, -0.1) is 11.8 Å². The summed E-state index contributed by atoms with van der Waals surface area (Å²) in [5.41, 5.74) is 7.47. The van der Waals surface area contributed by atoms with E-state index in [4.69, 9.17) is 15.2 Å². The van der Waals surface area contributed by atoms with Gasteiger partial charge in [0.1, 0.15) is 23.3 Å². The predicted molar refractivity (Wildman–Crippen MR) is 156 cm³/mol. The molecule has 0 atom stereocenters. The molecule has 200 valence electrons. The Labute approximate surface area is 232 Å². The van der Waals surface area contributed by atoms with Crippen LogP contribution in [0.15, 0.2) is 39.0 Å². The van der Waals surface area contributed by atoms with Crippen LogP contribution >= 0.6 is 23.5 Å². The van der Waals surface area contributed by atoms with Gasteiger partial charge >= 0.3 is 0 Å². The summed E-state index contributed by atoms with van der Waals surface area (Å²) in [7, 11) is 0. The van der Waals surface area contributed by atoms with Gasteiger partial charge in [0.25, 0.3) is 0 Å². The minimum absolute atomic E-state index is 0.234. The van der Waals surface area contributed by atoms with Gasteiger partial charge in [-0.2, -0.15) is 10.5 Å². The van der Waals surface area contributed by atoms with E-state index in [2.05, 4.69) is 46.8 Å². The summed E-state index contributed by atoms with van der Waals surface area (Å²) in [4.78, 5) is 2.55. The standard InChI is InChI=1S/C30H41N3O2S2/c1-6-7-8-11-18-36-29-27(34-16-14-21(2)3)23(19-31)24(20-32)28(35-17-15-22(4)5)30(29)37-26-13-10-9-12-25(26)33/h9-10,12-13,21-22H,6-8,11,14-18,33H2,1-5H3. The highest BCUT2D eigenvalue weighted by molar-refractivity contribution is 8.02. The summed E-state index contributed by atoms with van der Waals surface area (Å²) in [5.74, 6) is 2.75. The van der Waals surface area contributed by atoms with E-state index < -0.39 is 0 Å². The number of ether oxygens (including phenoxy) is 2. The van der Waals surface area contributed by atoms with Gasteiger partial charge < -0.3 is 15.2 Å². The van der Waals surface area contributed by atoms with Crippen LogP contribution in [0.4, 0.5) is 5.69 Å². The molecule has 0 bridgehead atoms. The lowest BCUT2D eigenvalue weighted by molar-refractivity contribution is 0.269. The molecule has 7 heteroatoms.